The number of carbonyl (C=O) groups excluding carboxylic acids is 1. The Morgan fingerprint density at radius 3 is 2.70 bits per heavy atom. The van der Waals surface area contributed by atoms with Gasteiger partial charge in [-0.05, 0) is 49.4 Å². The molecule has 0 fully saturated rings. The van der Waals surface area contributed by atoms with Gasteiger partial charge in [0.2, 0.25) is 5.91 Å². The van der Waals surface area contributed by atoms with Gasteiger partial charge in [-0.25, -0.2) is 0 Å². The van der Waals surface area contributed by atoms with Gasteiger partial charge in [-0.1, -0.05) is 23.4 Å². The summed E-state index contributed by atoms with van der Waals surface area (Å²) in [5.41, 5.74) is 1.81. The van der Waals surface area contributed by atoms with E-state index in [9.17, 15) is 4.79 Å². The van der Waals surface area contributed by atoms with Crippen LogP contribution in [0, 0.1) is 6.92 Å². The Hall–Kier alpha value is -2.97. The Bertz CT molecular complexity index is 1160. The summed E-state index contributed by atoms with van der Waals surface area (Å²) < 4.78 is 13.0. The molecule has 7 nitrogen and oxygen atoms in total. The summed E-state index contributed by atoms with van der Waals surface area (Å²) in [6.07, 6.45) is 1.62. The summed E-state index contributed by atoms with van der Waals surface area (Å²) in [6, 6.07) is 13.0. The smallest absolute Gasteiger partial charge is 0.230 e. The molecule has 4 aromatic rings. The molecule has 1 aromatic carbocycles. The van der Waals surface area contributed by atoms with Crippen LogP contribution in [-0.2, 0) is 18.4 Å². The minimum absolute atomic E-state index is 0.117. The fraction of sp³-hybridized carbons (Fsp3) is 0.190. The largest absolute Gasteiger partial charge is 0.469 e. The maximum atomic E-state index is 12.2. The van der Waals surface area contributed by atoms with Crippen LogP contribution in [0.2, 0.25) is 5.02 Å². The van der Waals surface area contributed by atoms with Crippen LogP contribution in [0.15, 0.2) is 62.7 Å². The van der Waals surface area contributed by atoms with E-state index in [1.54, 1.807) is 6.26 Å². The van der Waals surface area contributed by atoms with Gasteiger partial charge >= 0.3 is 0 Å². The molecule has 154 valence electrons. The molecule has 0 aliphatic rings. The summed E-state index contributed by atoms with van der Waals surface area (Å²) in [5, 5.41) is 12.6. The predicted molar refractivity (Wildman–Crippen MR) is 115 cm³/mol. The van der Waals surface area contributed by atoms with Crippen LogP contribution in [0.4, 0.5) is 0 Å². The van der Waals surface area contributed by atoms with Crippen molar-refractivity contribution >= 4 is 29.3 Å². The van der Waals surface area contributed by atoms with Gasteiger partial charge in [0.15, 0.2) is 11.0 Å². The number of hydrogen-bond donors (Lipinski definition) is 1. The van der Waals surface area contributed by atoms with Gasteiger partial charge in [0.1, 0.15) is 17.3 Å². The monoisotopic (exact) mass is 442 g/mol. The van der Waals surface area contributed by atoms with E-state index in [1.807, 2.05) is 61.0 Å². The number of thioether (sulfide) groups is 1. The van der Waals surface area contributed by atoms with Crippen LogP contribution in [0.25, 0.3) is 22.7 Å². The van der Waals surface area contributed by atoms with Gasteiger partial charge < -0.3 is 18.7 Å². The minimum atomic E-state index is -0.117. The van der Waals surface area contributed by atoms with Crippen LogP contribution < -0.4 is 5.32 Å². The van der Waals surface area contributed by atoms with Crippen molar-refractivity contribution < 1.29 is 13.6 Å². The van der Waals surface area contributed by atoms with Crippen molar-refractivity contribution in [1.29, 1.82) is 0 Å². The summed E-state index contributed by atoms with van der Waals surface area (Å²) >= 11 is 7.23. The van der Waals surface area contributed by atoms with E-state index >= 15 is 0 Å². The molecule has 0 unspecified atom stereocenters. The van der Waals surface area contributed by atoms with Crippen molar-refractivity contribution in [3.05, 3.63) is 65.3 Å². The molecule has 0 aliphatic carbocycles. The summed E-state index contributed by atoms with van der Waals surface area (Å²) in [7, 11) is 1.86. The zero-order chi connectivity index (χ0) is 21.1. The number of nitrogens with zero attached hydrogens (tertiary/aromatic N) is 3. The van der Waals surface area contributed by atoms with Crippen molar-refractivity contribution in [2.24, 2.45) is 7.05 Å². The molecule has 0 aliphatic heterocycles. The van der Waals surface area contributed by atoms with Crippen molar-refractivity contribution in [2.75, 3.05) is 5.75 Å². The normalized spacial score (nSPS) is 11.0. The molecule has 0 bridgehead atoms. The highest BCUT2D eigenvalue weighted by molar-refractivity contribution is 7.99. The molecule has 1 N–H and O–H groups in total. The second-order valence-electron chi connectivity index (χ2n) is 6.59. The molecule has 9 heteroatoms. The van der Waals surface area contributed by atoms with E-state index < -0.39 is 0 Å². The van der Waals surface area contributed by atoms with E-state index in [0.717, 1.165) is 22.6 Å². The second kappa shape index (κ2) is 8.81. The van der Waals surface area contributed by atoms with Gasteiger partial charge in [-0.3, -0.25) is 4.79 Å². The zero-order valence-corrected chi connectivity index (χ0v) is 18.0. The first kappa shape index (κ1) is 20.3. The van der Waals surface area contributed by atoms with Gasteiger partial charge in [0.25, 0.3) is 0 Å². The van der Waals surface area contributed by atoms with E-state index in [1.165, 1.54) is 11.8 Å². The fourth-order valence-electron chi connectivity index (χ4n) is 2.90. The van der Waals surface area contributed by atoms with Crippen LogP contribution >= 0.6 is 23.4 Å². The van der Waals surface area contributed by atoms with Gasteiger partial charge in [0, 0.05) is 17.6 Å². The third-order valence-corrected chi connectivity index (χ3v) is 5.79. The topological polar surface area (TPSA) is 86.1 Å². The van der Waals surface area contributed by atoms with Crippen molar-refractivity contribution in [3.8, 4) is 22.7 Å². The number of aryl methyl sites for hydroxylation is 1. The third kappa shape index (κ3) is 4.44. The highest BCUT2D eigenvalue weighted by atomic mass is 35.5. The molecule has 0 radical (unpaired) electrons. The average Bonchev–Trinajstić information content (AvgIpc) is 3.46. The van der Waals surface area contributed by atoms with Crippen molar-refractivity contribution in [1.82, 2.24) is 20.1 Å². The Balaban J connectivity index is 1.30. The first-order chi connectivity index (χ1) is 14.5. The number of carbonyl (C=O) groups is 1. The molecule has 4 rings (SSSR count). The Kier molecular flexibility index (Phi) is 5.96. The first-order valence-corrected chi connectivity index (χ1v) is 10.6. The lowest BCUT2D eigenvalue weighted by molar-refractivity contribution is -0.118. The van der Waals surface area contributed by atoms with Gasteiger partial charge in [-0.2, -0.15) is 0 Å². The van der Waals surface area contributed by atoms with Crippen LogP contribution in [-0.4, -0.2) is 26.4 Å². The first-order valence-electron chi connectivity index (χ1n) is 9.19. The van der Waals surface area contributed by atoms with Gasteiger partial charge in [-0.15, -0.1) is 10.2 Å². The van der Waals surface area contributed by atoms with Crippen LogP contribution in [0.3, 0.4) is 0 Å². The van der Waals surface area contributed by atoms with Gasteiger partial charge in [0.05, 0.1) is 24.1 Å². The minimum Gasteiger partial charge on any atom is -0.469 e. The molecule has 0 saturated heterocycles. The molecular formula is C21H19ClN4O3S. The maximum absolute atomic E-state index is 12.2. The number of halogens is 1. The highest BCUT2D eigenvalue weighted by Gasteiger charge is 2.16. The lowest BCUT2D eigenvalue weighted by Gasteiger charge is -2.04. The predicted octanol–water partition coefficient (Wildman–Crippen LogP) is 4.71. The van der Waals surface area contributed by atoms with Crippen LogP contribution in [0.1, 0.15) is 11.5 Å². The molecule has 3 heterocycles. The highest BCUT2D eigenvalue weighted by Crippen LogP contribution is 2.26. The van der Waals surface area contributed by atoms with E-state index in [0.29, 0.717) is 28.3 Å². The SMILES string of the molecule is Cc1occc1-c1nnc(SCC(=O)NCc2ccc(-c3ccc(Cl)cc3)o2)n1C. The Morgan fingerprint density at radius 2 is 1.97 bits per heavy atom. The lowest BCUT2D eigenvalue weighted by atomic mass is 10.2. The third-order valence-electron chi connectivity index (χ3n) is 4.52. The molecular weight excluding hydrogens is 424 g/mol. The maximum Gasteiger partial charge on any atom is 0.230 e. The lowest BCUT2D eigenvalue weighted by Crippen LogP contribution is -2.24. The number of aromatic nitrogens is 3. The molecule has 0 atom stereocenters. The molecule has 3 aromatic heterocycles. The van der Waals surface area contributed by atoms with Crippen LogP contribution in [0.5, 0.6) is 0 Å². The zero-order valence-electron chi connectivity index (χ0n) is 16.4. The Morgan fingerprint density at radius 1 is 1.17 bits per heavy atom. The summed E-state index contributed by atoms with van der Waals surface area (Å²) in [5.74, 6) is 2.99. The standard InChI is InChI=1S/C21H19ClN4O3S/c1-13-17(9-10-28-13)20-24-25-21(26(20)2)30-12-19(27)23-11-16-7-8-18(29-16)14-3-5-15(22)6-4-14/h3-10H,11-12H2,1-2H3,(H,23,27). The molecule has 30 heavy (non-hydrogen) atoms. The summed E-state index contributed by atoms with van der Waals surface area (Å²) in [6.45, 7) is 2.18. The average molecular weight is 443 g/mol. The molecule has 0 spiro atoms. The van der Waals surface area contributed by atoms with Crippen molar-refractivity contribution in [2.45, 2.75) is 18.6 Å². The quantitative estimate of drug-likeness (QED) is 0.417. The number of hydrogen-bond acceptors (Lipinski definition) is 6. The van der Waals surface area contributed by atoms with E-state index in [2.05, 4.69) is 15.5 Å². The second-order valence-corrected chi connectivity index (χ2v) is 7.97. The number of furan rings is 2. The fourth-order valence-corrected chi connectivity index (χ4v) is 3.77. The number of benzene rings is 1. The summed E-state index contributed by atoms with van der Waals surface area (Å²) in [4.78, 5) is 12.2. The molecule has 0 saturated carbocycles. The van der Waals surface area contributed by atoms with E-state index in [-0.39, 0.29) is 11.7 Å². The Labute approximate surface area is 182 Å². The number of amides is 1. The van der Waals surface area contributed by atoms with Crippen molar-refractivity contribution in [3.63, 3.8) is 0 Å². The van der Waals surface area contributed by atoms with E-state index in [4.69, 9.17) is 20.4 Å². The number of nitrogens with one attached hydrogen (secondary N) is 1. The molecule has 1 amide bonds. The number of rotatable bonds is 7.